The van der Waals surface area contributed by atoms with Gasteiger partial charge in [0.15, 0.2) is 5.16 Å². The number of nitrogens with zero attached hydrogens (tertiary/aromatic N) is 1. The summed E-state index contributed by atoms with van der Waals surface area (Å²) in [4.78, 5) is 8.07. The molecule has 0 bridgehead atoms. The van der Waals surface area contributed by atoms with E-state index in [4.69, 9.17) is 0 Å². The molecule has 3 heteroatoms. The number of aryl methyl sites for hydroxylation is 1. The molecule has 0 aliphatic heterocycles. The van der Waals surface area contributed by atoms with Gasteiger partial charge in [0.1, 0.15) is 0 Å². The van der Waals surface area contributed by atoms with Gasteiger partial charge in [-0.25, -0.2) is 4.98 Å². The highest BCUT2D eigenvalue weighted by Crippen LogP contribution is 2.21. The molecule has 1 aromatic heterocycles. The van der Waals surface area contributed by atoms with E-state index in [1.165, 1.54) is 75.5 Å². The highest BCUT2D eigenvalue weighted by molar-refractivity contribution is 7.99. The highest BCUT2D eigenvalue weighted by Gasteiger charge is 2.03. The number of H-pyrrole nitrogens is 1. The Hall–Kier alpha value is -0.960. The molecule has 2 aromatic rings. The van der Waals surface area contributed by atoms with Crippen molar-refractivity contribution in [1.82, 2.24) is 9.97 Å². The summed E-state index contributed by atoms with van der Waals surface area (Å²) >= 11 is 1.86. The summed E-state index contributed by atoms with van der Waals surface area (Å²) in [7, 11) is 0. The number of nitrogens with one attached hydrogen (secondary N) is 1. The van der Waals surface area contributed by atoms with Crippen molar-refractivity contribution in [3.8, 4) is 0 Å². The lowest BCUT2D eigenvalue weighted by Gasteiger charge is -2.02. The Bertz CT molecular complexity index is 562. The molecule has 2 nitrogen and oxygen atoms in total. The van der Waals surface area contributed by atoms with Crippen LogP contribution in [0.1, 0.15) is 76.7 Å². The summed E-state index contributed by atoms with van der Waals surface area (Å²) in [6.07, 6.45) is 14.0. The van der Waals surface area contributed by atoms with Gasteiger partial charge in [-0.1, -0.05) is 82.5 Å². The molecule has 0 atom stereocenters. The second kappa shape index (κ2) is 10.7. The molecule has 0 unspecified atom stereocenters. The number of hydrogen-bond donors (Lipinski definition) is 1. The molecule has 1 heterocycles. The quantitative estimate of drug-likeness (QED) is 0.339. The highest BCUT2D eigenvalue weighted by atomic mass is 32.2. The van der Waals surface area contributed by atoms with Gasteiger partial charge in [0, 0.05) is 5.75 Å². The van der Waals surface area contributed by atoms with Crippen molar-refractivity contribution in [3.63, 3.8) is 0 Å². The predicted octanol–water partition coefficient (Wildman–Crippen LogP) is 6.88. The maximum Gasteiger partial charge on any atom is 0.166 e. The summed E-state index contributed by atoms with van der Waals surface area (Å²) in [5.74, 6) is 1.18. The van der Waals surface area contributed by atoms with Crippen LogP contribution in [0.3, 0.4) is 0 Å². The minimum atomic E-state index is 1.07. The number of benzene rings is 1. The molecule has 0 saturated carbocycles. The van der Waals surface area contributed by atoms with Gasteiger partial charge in [-0.2, -0.15) is 0 Å². The monoisotopic (exact) mass is 332 g/mol. The van der Waals surface area contributed by atoms with Crippen LogP contribution in [0.15, 0.2) is 23.4 Å². The Morgan fingerprint density at radius 3 is 2.26 bits per heavy atom. The first-order valence-electron chi connectivity index (χ1n) is 9.39. The van der Waals surface area contributed by atoms with Gasteiger partial charge in [0.2, 0.25) is 0 Å². The number of fused-ring (bicyclic) bond motifs is 1. The molecular formula is C20H32N2S. The molecule has 0 saturated heterocycles. The largest absolute Gasteiger partial charge is 0.333 e. The van der Waals surface area contributed by atoms with E-state index in [0.29, 0.717) is 0 Å². The van der Waals surface area contributed by atoms with E-state index in [0.717, 1.165) is 16.2 Å². The summed E-state index contributed by atoms with van der Waals surface area (Å²) in [6, 6.07) is 6.40. The Kier molecular flexibility index (Phi) is 8.59. The molecule has 0 spiro atoms. The molecule has 0 aliphatic rings. The molecule has 0 aliphatic carbocycles. The minimum absolute atomic E-state index is 1.07. The Balaban J connectivity index is 1.50. The van der Waals surface area contributed by atoms with Gasteiger partial charge in [0.25, 0.3) is 0 Å². The van der Waals surface area contributed by atoms with Crippen molar-refractivity contribution < 1.29 is 0 Å². The van der Waals surface area contributed by atoms with E-state index in [1.54, 1.807) is 0 Å². The number of unbranched alkanes of at least 4 members (excludes halogenated alkanes) is 9. The van der Waals surface area contributed by atoms with Crippen molar-refractivity contribution in [2.45, 2.75) is 83.2 Å². The van der Waals surface area contributed by atoms with Gasteiger partial charge in [-0.3, -0.25) is 0 Å². The fourth-order valence-corrected chi connectivity index (χ4v) is 3.81. The van der Waals surface area contributed by atoms with Crippen LogP contribution < -0.4 is 0 Å². The van der Waals surface area contributed by atoms with Crippen LogP contribution in [0.5, 0.6) is 0 Å². The van der Waals surface area contributed by atoms with E-state index >= 15 is 0 Å². The third-order valence-electron chi connectivity index (χ3n) is 4.35. The normalized spacial score (nSPS) is 11.4. The van der Waals surface area contributed by atoms with Crippen LogP contribution in [0.25, 0.3) is 11.0 Å². The Morgan fingerprint density at radius 1 is 0.913 bits per heavy atom. The molecule has 0 radical (unpaired) electrons. The first kappa shape index (κ1) is 18.4. The lowest BCUT2D eigenvalue weighted by atomic mass is 10.1. The molecule has 128 valence electrons. The lowest BCUT2D eigenvalue weighted by Crippen LogP contribution is -1.84. The summed E-state index contributed by atoms with van der Waals surface area (Å²) in [6.45, 7) is 4.40. The zero-order chi connectivity index (χ0) is 16.3. The van der Waals surface area contributed by atoms with E-state index in [1.807, 2.05) is 11.8 Å². The lowest BCUT2D eigenvalue weighted by molar-refractivity contribution is 0.563. The van der Waals surface area contributed by atoms with Crippen LogP contribution in [0.2, 0.25) is 0 Å². The maximum atomic E-state index is 4.64. The summed E-state index contributed by atoms with van der Waals surface area (Å²) in [5.41, 5.74) is 3.53. The zero-order valence-corrected chi connectivity index (χ0v) is 15.7. The first-order chi connectivity index (χ1) is 11.3. The molecular weight excluding hydrogens is 300 g/mol. The first-order valence-corrected chi connectivity index (χ1v) is 10.4. The average Bonchev–Trinajstić information content (AvgIpc) is 2.94. The third kappa shape index (κ3) is 6.99. The zero-order valence-electron chi connectivity index (χ0n) is 14.9. The van der Waals surface area contributed by atoms with Gasteiger partial charge >= 0.3 is 0 Å². The van der Waals surface area contributed by atoms with Crippen molar-refractivity contribution in [3.05, 3.63) is 23.8 Å². The molecule has 2 rings (SSSR count). The maximum absolute atomic E-state index is 4.64. The van der Waals surface area contributed by atoms with Crippen molar-refractivity contribution >= 4 is 22.8 Å². The van der Waals surface area contributed by atoms with Gasteiger partial charge in [-0.05, 0) is 31.0 Å². The van der Waals surface area contributed by atoms with E-state index in [-0.39, 0.29) is 0 Å². The van der Waals surface area contributed by atoms with Crippen LogP contribution in [-0.4, -0.2) is 15.7 Å². The Morgan fingerprint density at radius 2 is 1.57 bits per heavy atom. The molecule has 23 heavy (non-hydrogen) atoms. The predicted molar refractivity (Wildman–Crippen MR) is 103 cm³/mol. The molecule has 1 N–H and O–H groups in total. The topological polar surface area (TPSA) is 28.7 Å². The number of thioether (sulfide) groups is 1. The van der Waals surface area contributed by atoms with E-state index in [2.05, 4.69) is 42.0 Å². The van der Waals surface area contributed by atoms with Gasteiger partial charge in [-0.15, -0.1) is 0 Å². The SMILES string of the molecule is CCCCCCCCCCCCSc1nc2ccc(C)cc2[nH]1. The number of imidazole rings is 1. The fourth-order valence-electron chi connectivity index (χ4n) is 2.93. The van der Waals surface area contributed by atoms with E-state index in [9.17, 15) is 0 Å². The van der Waals surface area contributed by atoms with Crippen LogP contribution in [0.4, 0.5) is 0 Å². The summed E-state index contributed by atoms with van der Waals surface area (Å²) in [5, 5.41) is 1.07. The molecule has 1 aromatic carbocycles. The Labute approximate surface area is 145 Å². The van der Waals surface area contributed by atoms with Gasteiger partial charge in [0.05, 0.1) is 11.0 Å². The van der Waals surface area contributed by atoms with Crippen LogP contribution >= 0.6 is 11.8 Å². The minimum Gasteiger partial charge on any atom is -0.333 e. The molecule has 0 amide bonds. The number of aromatic amines is 1. The number of rotatable bonds is 12. The van der Waals surface area contributed by atoms with E-state index < -0.39 is 0 Å². The van der Waals surface area contributed by atoms with Crippen molar-refractivity contribution in [2.24, 2.45) is 0 Å². The van der Waals surface area contributed by atoms with Crippen LogP contribution in [0, 0.1) is 6.92 Å². The molecule has 0 fully saturated rings. The van der Waals surface area contributed by atoms with Gasteiger partial charge < -0.3 is 4.98 Å². The van der Waals surface area contributed by atoms with Crippen molar-refractivity contribution in [2.75, 3.05) is 5.75 Å². The second-order valence-electron chi connectivity index (χ2n) is 6.59. The standard InChI is InChI=1S/C20H32N2S/c1-3-4-5-6-7-8-9-10-11-12-15-23-20-21-18-14-13-17(2)16-19(18)22-20/h13-14,16H,3-12,15H2,1-2H3,(H,21,22). The average molecular weight is 333 g/mol. The smallest absolute Gasteiger partial charge is 0.166 e. The van der Waals surface area contributed by atoms with Crippen LogP contribution in [-0.2, 0) is 0 Å². The second-order valence-corrected chi connectivity index (χ2v) is 7.68. The number of aromatic nitrogens is 2. The fraction of sp³-hybridized carbons (Fsp3) is 0.650. The van der Waals surface area contributed by atoms with Crippen molar-refractivity contribution in [1.29, 1.82) is 0 Å². The summed E-state index contributed by atoms with van der Waals surface area (Å²) < 4.78 is 0. The number of hydrogen-bond acceptors (Lipinski definition) is 2. The third-order valence-corrected chi connectivity index (χ3v) is 5.31.